The van der Waals surface area contributed by atoms with Crippen LogP contribution in [0.5, 0.6) is 23.0 Å². The SMILES string of the molecule is COc1cccc2c1C(=O)c1c(cc3c(c1O)[C@H](O[C@H]1C[C@@H](NC(=O)COc4ccc(Cn5c(=O)oc6ccc(C)cc65)cc4O)[C@@H](O)[C@@H](C)O1)C[C@@](O)(C(=O)CO)C3)C2=O. The number of ether oxygens (including phenoxy) is 4. The molecule has 4 aromatic carbocycles. The Morgan fingerprint density at radius 1 is 0.984 bits per heavy atom. The van der Waals surface area contributed by atoms with Gasteiger partial charge in [0.05, 0.1) is 48.5 Å². The summed E-state index contributed by atoms with van der Waals surface area (Å²) in [5, 5.41) is 57.6. The summed E-state index contributed by atoms with van der Waals surface area (Å²) in [6.07, 6.45) is -5.86. The second-order valence-corrected chi connectivity index (χ2v) is 15.6. The molecule has 0 saturated carbocycles. The van der Waals surface area contributed by atoms with Crippen LogP contribution in [0.15, 0.2) is 69.9 Å². The minimum atomic E-state index is -2.21. The number of hydrogen-bond donors (Lipinski definition) is 6. The Bertz CT molecular complexity index is 2680. The van der Waals surface area contributed by atoms with Crippen LogP contribution >= 0.6 is 0 Å². The van der Waals surface area contributed by atoms with Crippen LogP contribution in [0.2, 0.25) is 0 Å². The molecule has 0 bridgehead atoms. The van der Waals surface area contributed by atoms with Gasteiger partial charge >= 0.3 is 5.76 Å². The monoisotopic (exact) mass is 838 g/mol. The zero-order valence-corrected chi connectivity index (χ0v) is 33.2. The van der Waals surface area contributed by atoms with Crippen molar-refractivity contribution in [1.82, 2.24) is 9.88 Å². The van der Waals surface area contributed by atoms with E-state index >= 15 is 0 Å². The van der Waals surface area contributed by atoms with Crippen molar-refractivity contribution in [2.24, 2.45) is 0 Å². The highest BCUT2D eigenvalue weighted by molar-refractivity contribution is 6.30. The molecule has 318 valence electrons. The topological polar surface area (TPSA) is 254 Å². The van der Waals surface area contributed by atoms with E-state index in [1.54, 1.807) is 18.2 Å². The smallest absolute Gasteiger partial charge is 0.420 e. The van der Waals surface area contributed by atoms with Crippen molar-refractivity contribution in [2.45, 2.75) is 75.9 Å². The Morgan fingerprint density at radius 2 is 1.77 bits per heavy atom. The number of aromatic hydroxyl groups is 2. The third kappa shape index (κ3) is 7.44. The number of ketones is 3. The maximum absolute atomic E-state index is 13.9. The number of amides is 1. The lowest BCUT2D eigenvalue weighted by molar-refractivity contribution is -0.249. The number of hydrogen-bond acceptors (Lipinski definition) is 15. The number of carbonyl (C=O) groups excluding carboxylic acids is 4. The predicted molar refractivity (Wildman–Crippen MR) is 212 cm³/mol. The van der Waals surface area contributed by atoms with E-state index in [1.807, 2.05) is 19.1 Å². The van der Waals surface area contributed by atoms with Crippen LogP contribution in [-0.4, -0.2) is 104 Å². The maximum Gasteiger partial charge on any atom is 0.420 e. The van der Waals surface area contributed by atoms with E-state index in [2.05, 4.69) is 5.32 Å². The third-order valence-electron chi connectivity index (χ3n) is 11.5. The molecule has 5 aromatic rings. The van der Waals surface area contributed by atoms with E-state index in [4.69, 9.17) is 23.4 Å². The van der Waals surface area contributed by atoms with Gasteiger partial charge in [0, 0.05) is 36.0 Å². The quantitative estimate of drug-likeness (QED) is 0.110. The number of oxazole rings is 1. The molecule has 1 aliphatic heterocycles. The molecule has 1 aromatic heterocycles. The van der Waals surface area contributed by atoms with Crippen molar-refractivity contribution in [2.75, 3.05) is 20.3 Å². The Kier molecular flexibility index (Phi) is 10.8. The number of benzene rings is 4. The normalized spacial score (nSPS) is 23.2. The summed E-state index contributed by atoms with van der Waals surface area (Å²) in [5.41, 5.74) is -0.0409. The van der Waals surface area contributed by atoms with Crippen molar-refractivity contribution in [3.8, 4) is 23.0 Å². The molecule has 6 atom stereocenters. The van der Waals surface area contributed by atoms with E-state index in [9.17, 15) is 49.5 Å². The molecule has 1 fully saturated rings. The van der Waals surface area contributed by atoms with Gasteiger partial charge in [-0.15, -0.1) is 0 Å². The average Bonchev–Trinajstić information content (AvgIpc) is 3.53. The van der Waals surface area contributed by atoms with Gasteiger partial charge in [0.1, 0.15) is 29.8 Å². The number of aliphatic hydroxyl groups is 3. The molecule has 3 aliphatic rings. The average molecular weight is 839 g/mol. The van der Waals surface area contributed by atoms with Crippen LogP contribution in [0.1, 0.15) is 80.0 Å². The highest BCUT2D eigenvalue weighted by Gasteiger charge is 2.48. The molecule has 0 unspecified atom stereocenters. The van der Waals surface area contributed by atoms with Crippen molar-refractivity contribution in [1.29, 1.82) is 0 Å². The molecule has 1 amide bonds. The van der Waals surface area contributed by atoms with Crippen LogP contribution in [0, 0.1) is 6.92 Å². The molecular formula is C44H42N2O15. The summed E-state index contributed by atoms with van der Waals surface area (Å²) in [7, 11) is 1.34. The molecule has 2 aliphatic carbocycles. The van der Waals surface area contributed by atoms with Crippen molar-refractivity contribution in [3.63, 3.8) is 0 Å². The highest BCUT2D eigenvalue weighted by atomic mass is 16.7. The summed E-state index contributed by atoms with van der Waals surface area (Å²) in [6.45, 7) is 1.91. The van der Waals surface area contributed by atoms with E-state index in [0.29, 0.717) is 16.7 Å². The number of carbonyl (C=O) groups is 4. The number of phenols is 2. The van der Waals surface area contributed by atoms with Gasteiger partial charge in [-0.05, 0) is 66.9 Å². The number of phenolic OH excluding ortho intramolecular Hbond substituents is 2. The number of Topliss-reactive ketones (excluding diaryl/α,β-unsaturated/α-hetero) is 1. The first kappa shape index (κ1) is 41.4. The number of nitrogens with one attached hydrogen (secondary N) is 1. The number of rotatable bonds is 11. The fraction of sp³-hybridized carbons (Fsp3) is 0.341. The Labute approximate surface area is 346 Å². The van der Waals surface area contributed by atoms with E-state index in [-0.39, 0.29) is 63.6 Å². The number of aliphatic hydroxyl groups excluding tert-OH is 2. The standard InChI is InChI=1S/C44H42N2O15/c1-20-7-9-29-27(11-20)46(43(55)61-29)17-22-8-10-30(28(48)12-22)58-19-34(50)45-26-14-35(59-21(2)39(26)51)60-32-16-44(56,33(49)18-47)15-23-13-25-38(41(53)36(23)32)42(54)37-24(40(25)52)5-4-6-31(37)57-3/h4-13,21,26,32,35,39,47-48,51,53,56H,14-19H2,1-3H3,(H,45,50)/t21-,26-,32-,35+,39+,44-/m1/s1. The molecule has 0 spiro atoms. The van der Waals surface area contributed by atoms with Gasteiger partial charge in [-0.2, -0.15) is 0 Å². The van der Waals surface area contributed by atoms with Crippen LogP contribution in [0.3, 0.4) is 0 Å². The van der Waals surface area contributed by atoms with Gasteiger partial charge < -0.3 is 54.2 Å². The van der Waals surface area contributed by atoms with Crippen LogP contribution in [0.25, 0.3) is 11.1 Å². The molecule has 2 heterocycles. The molecule has 0 radical (unpaired) electrons. The number of nitrogens with zero attached hydrogens (tertiary/aromatic N) is 1. The minimum absolute atomic E-state index is 0.0103. The molecular weight excluding hydrogens is 796 g/mol. The first-order valence-electron chi connectivity index (χ1n) is 19.5. The second kappa shape index (κ2) is 15.9. The van der Waals surface area contributed by atoms with E-state index in [0.717, 1.165) is 5.56 Å². The van der Waals surface area contributed by atoms with Crippen LogP contribution in [-0.2, 0) is 32.0 Å². The third-order valence-corrected chi connectivity index (χ3v) is 11.5. The molecule has 8 rings (SSSR count). The van der Waals surface area contributed by atoms with Gasteiger partial charge in [0.15, 0.2) is 41.5 Å². The van der Waals surface area contributed by atoms with Gasteiger partial charge in [0.2, 0.25) is 5.78 Å². The number of aryl methyl sites for hydroxylation is 1. The Morgan fingerprint density at radius 3 is 2.51 bits per heavy atom. The number of fused-ring (bicyclic) bond motifs is 4. The number of methoxy groups -OCH3 is 1. The van der Waals surface area contributed by atoms with Gasteiger partial charge in [0.25, 0.3) is 5.91 Å². The first-order valence-corrected chi connectivity index (χ1v) is 19.5. The maximum atomic E-state index is 13.9. The summed E-state index contributed by atoms with van der Waals surface area (Å²) in [5.74, 6) is -4.27. The summed E-state index contributed by atoms with van der Waals surface area (Å²) < 4.78 is 29.9. The predicted octanol–water partition coefficient (Wildman–Crippen LogP) is 2.50. The largest absolute Gasteiger partial charge is 0.507 e. The second-order valence-electron chi connectivity index (χ2n) is 15.6. The van der Waals surface area contributed by atoms with Crippen LogP contribution < -0.4 is 20.5 Å². The van der Waals surface area contributed by atoms with Gasteiger partial charge in [-0.3, -0.25) is 23.7 Å². The van der Waals surface area contributed by atoms with Gasteiger partial charge in [-0.25, -0.2) is 4.79 Å². The fourth-order valence-corrected chi connectivity index (χ4v) is 8.46. The zero-order chi connectivity index (χ0) is 43.5. The molecule has 17 nitrogen and oxygen atoms in total. The molecule has 1 saturated heterocycles. The lowest BCUT2D eigenvalue weighted by Crippen LogP contribution is -2.56. The van der Waals surface area contributed by atoms with Crippen molar-refractivity contribution < 1.29 is 68.1 Å². The minimum Gasteiger partial charge on any atom is -0.507 e. The Balaban J connectivity index is 0.986. The Hall–Kier alpha value is -6.37. The van der Waals surface area contributed by atoms with Crippen molar-refractivity contribution in [3.05, 3.63) is 116 Å². The van der Waals surface area contributed by atoms with E-state index in [1.165, 1.54) is 48.9 Å². The summed E-state index contributed by atoms with van der Waals surface area (Å²) in [4.78, 5) is 66.3. The summed E-state index contributed by atoms with van der Waals surface area (Å²) in [6, 6.07) is 14.6. The first-order chi connectivity index (χ1) is 29.1. The van der Waals surface area contributed by atoms with Crippen LogP contribution in [0.4, 0.5) is 0 Å². The lowest BCUT2D eigenvalue weighted by Gasteiger charge is -2.42. The van der Waals surface area contributed by atoms with E-state index < -0.39 is 97.1 Å². The fourth-order valence-electron chi connectivity index (χ4n) is 8.46. The van der Waals surface area contributed by atoms with Crippen molar-refractivity contribution >= 4 is 34.4 Å². The molecule has 61 heavy (non-hydrogen) atoms. The zero-order valence-electron chi connectivity index (χ0n) is 33.2. The van der Waals surface area contributed by atoms with Gasteiger partial charge in [-0.1, -0.05) is 24.3 Å². The summed E-state index contributed by atoms with van der Waals surface area (Å²) >= 11 is 0. The molecule has 17 heteroatoms. The molecule has 6 N–H and O–H groups in total. The highest BCUT2D eigenvalue weighted by Crippen LogP contribution is 2.49. The lowest BCUT2D eigenvalue weighted by atomic mass is 9.72. The number of aromatic nitrogens is 1.